The standard InChI is InChI=1S/C28H41N2P.C12H9N.CH4O3S.Pd/c1-29(2)25-19-13-20-26(30(3)4)28(25)24-18-11-12-21-27(24)31(22-14-7-5-8-15-22)23-16-9-6-10-17-23;13-12-9-5-4-8-11(12)10-6-2-1-3-7-10;1-5(2,3)4;/h11-13,18-23H,5-10,14-17H2,1-4H3;1-6,8-9,13H;1H3,(H,2,3,4);/q;-2;;+2. The summed E-state index contributed by atoms with van der Waals surface area (Å²) in [6, 6.07) is 34.7. The second-order valence-corrected chi connectivity index (χ2v) is 18.1. The molecule has 2 aliphatic rings. The number of rotatable bonds is 7. The Morgan fingerprint density at radius 2 is 1.14 bits per heavy atom. The molecule has 6 rings (SSSR count). The first kappa shape index (κ1) is 41.7. The van der Waals surface area contributed by atoms with Gasteiger partial charge < -0.3 is 20.1 Å². The summed E-state index contributed by atoms with van der Waals surface area (Å²) in [6.45, 7) is 0. The van der Waals surface area contributed by atoms with Crippen molar-refractivity contribution in [3.8, 4) is 22.3 Å². The molecule has 0 bridgehead atoms. The fraction of sp³-hybridized carbons (Fsp3) is 0.415. The first-order chi connectivity index (χ1) is 23.5. The zero-order valence-corrected chi connectivity index (χ0v) is 33.6. The van der Waals surface area contributed by atoms with Crippen molar-refractivity contribution in [1.29, 1.82) is 0 Å². The second kappa shape index (κ2) is 20.4. The third-order valence-corrected chi connectivity index (χ3v) is 13.5. The Hall–Kier alpha value is -2.72. The molecule has 0 heterocycles. The van der Waals surface area contributed by atoms with Crippen molar-refractivity contribution in [2.45, 2.75) is 75.5 Å². The van der Waals surface area contributed by atoms with Crippen LogP contribution in [0.2, 0.25) is 0 Å². The Balaban J connectivity index is 0.000000293. The molecule has 0 aromatic heterocycles. The fourth-order valence-corrected chi connectivity index (χ4v) is 11.8. The van der Waals surface area contributed by atoms with E-state index in [-0.39, 0.29) is 20.4 Å². The quantitative estimate of drug-likeness (QED) is 0.0804. The normalized spacial score (nSPS) is 15.1. The van der Waals surface area contributed by atoms with Gasteiger partial charge in [-0.05, 0) is 69.6 Å². The van der Waals surface area contributed by atoms with Crippen LogP contribution in [0.4, 0.5) is 17.1 Å². The van der Waals surface area contributed by atoms with Gasteiger partial charge >= 0.3 is 20.4 Å². The van der Waals surface area contributed by atoms with Crippen molar-refractivity contribution in [2.24, 2.45) is 0 Å². The van der Waals surface area contributed by atoms with Gasteiger partial charge in [0.1, 0.15) is 0 Å². The number of anilines is 2. The minimum atomic E-state index is -3.92. The molecule has 6 nitrogen and oxygen atoms in total. The molecule has 0 aliphatic heterocycles. The van der Waals surface area contributed by atoms with E-state index in [1.54, 1.807) is 11.4 Å². The molecule has 0 radical (unpaired) electrons. The fourth-order valence-electron chi connectivity index (χ4n) is 7.38. The van der Waals surface area contributed by atoms with Crippen LogP contribution in [0, 0.1) is 6.07 Å². The average molecular weight is 806 g/mol. The maximum absolute atomic E-state index is 9.08. The monoisotopic (exact) mass is 805 g/mol. The van der Waals surface area contributed by atoms with E-state index in [1.807, 2.05) is 42.5 Å². The van der Waals surface area contributed by atoms with Crippen molar-refractivity contribution in [3.63, 3.8) is 0 Å². The van der Waals surface area contributed by atoms with Crippen molar-refractivity contribution < 1.29 is 33.4 Å². The van der Waals surface area contributed by atoms with Gasteiger partial charge in [-0.2, -0.15) is 5.69 Å². The van der Waals surface area contributed by atoms with Crippen LogP contribution in [0.5, 0.6) is 0 Å². The Bertz CT molecular complexity index is 1660. The van der Waals surface area contributed by atoms with Gasteiger partial charge in [0.05, 0.1) is 26.7 Å². The Kier molecular flexibility index (Phi) is 17.0. The van der Waals surface area contributed by atoms with Gasteiger partial charge in [-0.1, -0.05) is 61.4 Å². The zero-order chi connectivity index (χ0) is 35.4. The molecular formula is C41H54N3O3PPdS. The molecule has 2 aliphatic carbocycles. The molecule has 50 heavy (non-hydrogen) atoms. The zero-order valence-electron chi connectivity index (χ0n) is 30.2. The summed E-state index contributed by atoms with van der Waals surface area (Å²) in [5.41, 5.74) is 17.7. The number of nitrogens with one attached hydrogen (secondary N) is 1. The Morgan fingerprint density at radius 3 is 1.60 bits per heavy atom. The summed E-state index contributed by atoms with van der Waals surface area (Å²) < 4.78 is 27.2. The van der Waals surface area contributed by atoms with E-state index < -0.39 is 18.0 Å². The molecule has 0 spiro atoms. The second-order valence-electron chi connectivity index (χ2n) is 13.7. The molecule has 4 aromatic rings. The van der Waals surface area contributed by atoms with Crippen LogP contribution in [-0.4, -0.2) is 58.7 Å². The minimum absolute atomic E-state index is 0. The largest absolute Gasteiger partial charge is 2.00 e. The molecule has 0 unspecified atom stereocenters. The molecule has 0 amide bonds. The molecule has 2 fully saturated rings. The number of benzene rings is 4. The maximum atomic E-state index is 9.08. The SMILES string of the molecule is CN(C)c1cccc(N(C)C)c1-c1ccccc1[PH+](C1CCCCC1)C1CCCCC1.CS(=O)(=O)[O-].[NH-]c1ccccc1-c1[c-]cccc1.[Pd+2]. The Morgan fingerprint density at radius 1 is 0.680 bits per heavy atom. The predicted molar refractivity (Wildman–Crippen MR) is 213 cm³/mol. The minimum Gasteiger partial charge on any atom is -0.748 e. The van der Waals surface area contributed by atoms with Crippen molar-refractivity contribution in [1.82, 2.24) is 0 Å². The summed E-state index contributed by atoms with van der Waals surface area (Å²) in [4.78, 5) is 4.60. The third-order valence-electron chi connectivity index (χ3n) is 9.51. The van der Waals surface area contributed by atoms with Gasteiger partial charge in [-0.15, -0.1) is 41.5 Å². The van der Waals surface area contributed by atoms with Gasteiger partial charge in [-0.3, -0.25) is 0 Å². The van der Waals surface area contributed by atoms with Crippen LogP contribution in [0.3, 0.4) is 0 Å². The van der Waals surface area contributed by atoms with Crippen LogP contribution in [0.25, 0.3) is 28.0 Å². The smallest absolute Gasteiger partial charge is 0.748 e. The summed E-state index contributed by atoms with van der Waals surface area (Å²) >= 11 is 0. The summed E-state index contributed by atoms with van der Waals surface area (Å²) in [5.74, 6) is 0. The summed E-state index contributed by atoms with van der Waals surface area (Å²) in [7, 11) is 4.22. The van der Waals surface area contributed by atoms with Gasteiger partial charge in [0, 0.05) is 64.9 Å². The van der Waals surface area contributed by atoms with Crippen LogP contribution in [-0.2, 0) is 30.5 Å². The van der Waals surface area contributed by atoms with Crippen molar-refractivity contribution in [3.05, 3.63) is 103 Å². The van der Waals surface area contributed by atoms with Gasteiger partial charge in [-0.25, -0.2) is 8.42 Å². The number of nitrogens with zero attached hydrogens (tertiary/aromatic N) is 2. The maximum Gasteiger partial charge on any atom is 2.00 e. The molecule has 272 valence electrons. The first-order valence-corrected chi connectivity index (χ1v) is 21.1. The van der Waals surface area contributed by atoms with E-state index in [9.17, 15) is 0 Å². The van der Waals surface area contributed by atoms with E-state index in [2.05, 4.69) is 86.5 Å². The van der Waals surface area contributed by atoms with E-state index in [0.29, 0.717) is 11.9 Å². The number of hydrogen-bond donors (Lipinski definition) is 0. The van der Waals surface area contributed by atoms with Crippen LogP contribution in [0.1, 0.15) is 64.2 Å². The van der Waals surface area contributed by atoms with E-state index in [0.717, 1.165) is 22.4 Å². The number of hydrogen-bond acceptors (Lipinski definition) is 5. The molecular weight excluding hydrogens is 752 g/mol. The Labute approximate surface area is 317 Å². The predicted octanol–water partition coefficient (Wildman–Crippen LogP) is 9.99. The van der Waals surface area contributed by atoms with Crippen LogP contribution >= 0.6 is 7.92 Å². The first-order valence-electron chi connectivity index (χ1n) is 17.6. The van der Waals surface area contributed by atoms with Crippen LogP contribution < -0.4 is 15.1 Å². The molecule has 0 saturated heterocycles. The average Bonchev–Trinajstić information content (AvgIpc) is 3.09. The van der Waals surface area contributed by atoms with Gasteiger partial charge in [0.25, 0.3) is 0 Å². The summed E-state index contributed by atoms with van der Waals surface area (Å²) in [5, 5.41) is 1.73. The van der Waals surface area contributed by atoms with Gasteiger partial charge in [0.15, 0.2) is 0 Å². The van der Waals surface area contributed by atoms with Gasteiger partial charge in [0.2, 0.25) is 0 Å². The third kappa shape index (κ3) is 12.2. The topological polar surface area (TPSA) is 87.5 Å². The van der Waals surface area contributed by atoms with E-state index >= 15 is 0 Å². The van der Waals surface area contributed by atoms with Crippen molar-refractivity contribution in [2.75, 3.05) is 44.2 Å². The van der Waals surface area contributed by atoms with Crippen LogP contribution in [0.15, 0.2) is 91.0 Å². The van der Waals surface area contributed by atoms with Crippen molar-refractivity contribution >= 4 is 40.4 Å². The molecule has 0 atom stereocenters. The van der Waals surface area contributed by atoms with E-state index in [4.69, 9.17) is 18.7 Å². The molecule has 9 heteroatoms. The van der Waals surface area contributed by atoms with E-state index in [1.165, 1.54) is 86.7 Å². The molecule has 1 N–H and O–H groups in total. The molecule has 4 aromatic carbocycles. The molecule has 2 saturated carbocycles. The summed E-state index contributed by atoms with van der Waals surface area (Å²) in [6.07, 6.45) is 15.2.